The van der Waals surface area contributed by atoms with Gasteiger partial charge < -0.3 is 9.84 Å². The zero-order valence-corrected chi connectivity index (χ0v) is 18.9. The van der Waals surface area contributed by atoms with E-state index in [0.717, 1.165) is 37.4 Å². The van der Waals surface area contributed by atoms with Crippen LogP contribution in [0.4, 0.5) is 0 Å². The number of hydrogen-bond donors (Lipinski definition) is 1. The first kappa shape index (κ1) is 27.2. The number of ether oxygens (including phenoxy) is 1. The number of aliphatic hydroxyl groups excluding tert-OH is 1. The Balaban J connectivity index is 3.32. The molecule has 0 fully saturated rings. The molecule has 0 aliphatic rings. The smallest absolute Gasteiger partial charge is 0.305 e. The molecule has 0 rings (SSSR count). The standard InChI is InChI=1S/C23H42O4S/c1-3-4-5-6-7-8-9-10-11-12-13-14-15-16-17-18-23(26)27-19-22(25)20-28-21(2)24/h10-11,22,25H,3-9,12-20H2,1-2H3/b11-10-. The van der Waals surface area contributed by atoms with Crippen LogP contribution in [0.2, 0.25) is 0 Å². The van der Waals surface area contributed by atoms with Crippen molar-refractivity contribution in [3.05, 3.63) is 12.2 Å². The lowest BCUT2D eigenvalue weighted by Gasteiger charge is -2.10. The number of unbranched alkanes of at least 4 members (excludes halogenated alkanes) is 11. The molecule has 0 heterocycles. The zero-order chi connectivity index (χ0) is 20.9. The molecule has 5 heteroatoms. The van der Waals surface area contributed by atoms with Gasteiger partial charge >= 0.3 is 5.97 Å². The molecular formula is C23H42O4S. The second kappa shape index (κ2) is 20.9. The Morgan fingerprint density at radius 1 is 0.893 bits per heavy atom. The minimum atomic E-state index is -0.771. The third kappa shape index (κ3) is 21.5. The normalized spacial score (nSPS) is 12.4. The molecule has 1 atom stereocenters. The average Bonchev–Trinajstić information content (AvgIpc) is 2.67. The van der Waals surface area contributed by atoms with E-state index in [0.29, 0.717) is 6.42 Å². The highest BCUT2D eigenvalue weighted by Gasteiger charge is 2.10. The molecule has 28 heavy (non-hydrogen) atoms. The van der Waals surface area contributed by atoms with Gasteiger partial charge in [0.1, 0.15) is 6.61 Å². The van der Waals surface area contributed by atoms with Gasteiger partial charge in [-0.3, -0.25) is 9.59 Å². The summed E-state index contributed by atoms with van der Waals surface area (Å²) in [5.41, 5.74) is 0. The van der Waals surface area contributed by atoms with E-state index < -0.39 is 6.10 Å². The van der Waals surface area contributed by atoms with E-state index >= 15 is 0 Å². The highest BCUT2D eigenvalue weighted by atomic mass is 32.2. The summed E-state index contributed by atoms with van der Waals surface area (Å²) in [4.78, 5) is 22.4. The molecule has 164 valence electrons. The monoisotopic (exact) mass is 414 g/mol. The topological polar surface area (TPSA) is 63.6 Å². The number of rotatable bonds is 19. The Bertz CT molecular complexity index is 409. The second-order valence-electron chi connectivity index (χ2n) is 7.47. The summed E-state index contributed by atoms with van der Waals surface area (Å²) in [6.45, 7) is 3.69. The Morgan fingerprint density at radius 3 is 2.00 bits per heavy atom. The Morgan fingerprint density at radius 2 is 1.43 bits per heavy atom. The van der Waals surface area contributed by atoms with Gasteiger partial charge in [0.2, 0.25) is 0 Å². The van der Waals surface area contributed by atoms with Crippen molar-refractivity contribution in [1.29, 1.82) is 0 Å². The summed E-state index contributed by atoms with van der Waals surface area (Å²) in [6.07, 6.45) is 20.3. The van der Waals surface area contributed by atoms with E-state index in [9.17, 15) is 14.7 Å². The van der Waals surface area contributed by atoms with Gasteiger partial charge in [-0.2, -0.15) is 0 Å². The molecule has 1 unspecified atom stereocenters. The molecule has 0 bridgehead atoms. The first-order chi connectivity index (χ1) is 13.6. The third-order valence-corrected chi connectivity index (χ3v) is 5.52. The summed E-state index contributed by atoms with van der Waals surface area (Å²) in [6, 6.07) is 0. The van der Waals surface area contributed by atoms with Crippen LogP contribution in [0.15, 0.2) is 12.2 Å². The highest BCUT2D eigenvalue weighted by molar-refractivity contribution is 8.13. The van der Waals surface area contributed by atoms with Crippen molar-refractivity contribution < 1.29 is 19.4 Å². The molecule has 0 aromatic heterocycles. The van der Waals surface area contributed by atoms with Crippen LogP contribution >= 0.6 is 11.8 Å². The van der Waals surface area contributed by atoms with Gasteiger partial charge in [-0.05, 0) is 32.1 Å². The SMILES string of the molecule is CCCCCCCC/C=C\CCCCCCCC(=O)OCC(O)CSC(C)=O. The summed E-state index contributed by atoms with van der Waals surface area (Å²) in [5, 5.41) is 9.55. The predicted molar refractivity (Wildman–Crippen MR) is 120 cm³/mol. The lowest BCUT2D eigenvalue weighted by atomic mass is 10.1. The van der Waals surface area contributed by atoms with Crippen molar-refractivity contribution in [2.24, 2.45) is 0 Å². The van der Waals surface area contributed by atoms with E-state index in [-0.39, 0.29) is 23.4 Å². The van der Waals surface area contributed by atoms with E-state index in [2.05, 4.69) is 19.1 Å². The van der Waals surface area contributed by atoms with Gasteiger partial charge in [-0.1, -0.05) is 82.2 Å². The molecule has 0 aromatic carbocycles. The van der Waals surface area contributed by atoms with Crippen molar-refractivity contribution in [3.8, 4) is 0 Å². The van der Waals surface area contributed by atoms with Gasteiger partial charge in [0.15, 0.2) is 5.12 Å². The van der Waals surface area contributed by atoms with Crippen LogP contribution in [-0.2, 0) is 14.3 Å². The molecule has 1 N–H and O–H groups in total. The summed E-state index contributed by atoms with van der Waals surface area (Å²) < 4.78 is 5.03. The fourth-order valence-electron chi connectivity index (χ4n) is 2.86. The predicted octanol–water partition coefficient (Wildman–Crippen LogP) is 6.21. The van der Waals surface area contributed by atoms with Crippen molar-refractivity contribution >= 4 is 22.8 Å². The minimum Gasteiger partial charge on any atom is -0.463 e. The van der Waals surface area contributed by atoms with E-state index in [1.54, 1.807) is 0 Å². The third-order valence-electron chi connectivity index (χ3n) is 4.56. The largest absolute Gasteiger partial charge is 0.463 e. The van der Waals surface area contributed by atoms with Crippen LogP contribution in [0.1, 0.15) is 104 Å². The van der Waals surface area contributed by atoms with Crippen molar-refractivity contribution in [1.82, 2.24) is 0 Å². The maximum atomic E-state index is 11.6. The van der Waals surface area contributed by atoms with Gasteiger partial charge in [-0.15, -0.1) is 0 Å². The van der Waals surface area contributed by atoms with Gasteiger partial charge in [0.05, 0.1) is 6.10 Å². The molecule has 0 aliphatic carbocycles. The molecular weight excluding hydrogens is 372 g/mol. The Kier molecular flexibility index (Phi) is 20.3. The Hall–Kier alpha value is -0.810. The molecule has 0 aromatic rings. The molecule has 0 radical (unpaired) electrons. The van der Waals surface area contributed by atoms with Crippen molar-refractivity contribution in [2.75, 3.05) is 12.4 Å². The fraction of sp³-hybridized carbons (Fsp3) is 0.826. The van der Waals surface area contributed by atoms with E-state index in [1.807, 2.05) is 0 Å². The molecule has 0 saturated heterocycles. The Labute approximate surface area is 176 Å². The molecule has 4 nitrogen and oxygen atoms in total. The number of esters is 1. The van der Waals surface area contributed by atoms with Crippen LogP contribution in [0, 0.1) is 0 Å². The van der Waals surface area contributed by atoms with Crippen molar-refractivity contribution in [2.45, 2.75) is 110 Å². The number of allylic oxidation sites excluding steroid dienone is 2. The molecule has 0 saturated carbocycles. The lowest BCUT2D eigenvalue weighted by molar-refractivity contribution is -0.146. The second-order valence-corrected chi connectivity index (χ2v) is 8.67. The first-order valence-electron chi connectivity index (χ1n) is 11.2. The van der Waals surface area contributed by atoms with Gasteiger partial charge in [0, 0.05) is 19.1 Å². The van der Waals surface area contributed by atoms with Gasteiger partial charge in [-0.25, -0.2) is 0 Å². The number of hydrogen-bond acceptors (Lipinski definition) is 5. The number of aliphatic hydroxyl groups is 1. The van der Waals surface area contributed by atoms with Crippen LogP contribution in [0.3, 0.4) is 0 Å². The van der Waals surface area contributed by atoms with E-state index in [4.69, 9.17) is 4.74 Å². The van der Waals surface area contributed by atoms with E-state index in [1.165, 1.54) is 64.7 Å². The summed E-state index contributed by atoms with van der Waals surface area (Å²) in [5.74, 6) is 0.0141. The fourth-order valence-corrected chi connectivity index (χ4v) is 3.39. The summed E-state index contributed by atoms with van der Waals surface area (Å²) in [7, 11) is 0. The van der Waals surface area contributed by atoms with Gasteiger partial charge in [0.25, 0.3) is 0 Å². The summed E-state index contributed by atoms with van der Waals surface area (Å²) >= 11 is 1.05. The minimum absolute atomic E-state index is 0.0236. The lowest BCUT2D eigenvalue weighted by Crippen LogP contribution is -2.21. The average molecular weight is 415 g/mol. The van der Waals surface area contributed by atoms with Crippen LogP contribution in [0.5, 0.6) is 0 Å². The van der Waals surface area contributed by atoms with Crippen LogP contribution in [-0.4, -0.2) is 34.7 Å². The van der Waals surface area contributed by atoms with Crippen LogP contribution in [0.25, 0.3) is 0 Å². The highest BCUT2D eigenvalue weighted by Crippen LogP contribution is 2.10. The maximum Gasteiger partial charge on any atom is 0.305 e. The van der Waals surface area contributed by atoms with Crippen LogP contribution < -0.4 is 0 Å². The number of carbonyl (C=O) groups is 2. The van der Waals surface area contributed by atoms with Crippen molar-refractivity contribution in [3.63, 3.8) is 0 Å². The molecule has 0 spiro atoms. The molecule has 0 aliphatic heterocycles. The molecule has 0 amide bonds. The quantitative estimate of drug-likeness (QED) is 0.155. The zero-order valence-electron chi connectivity index (χ0n) is 18.1. The number of carbonyl (C=O) groups excluding carboxylic acids is 2. The number of thioether (sulfide) groups is 1. The maximum absolute atomic E-state index is 11.6. The first-order valence-corrected chi connectivity index (χ1v) is 12.2.